The number of methoxy groups -OCH3 is 1. The number of carboxylic acid groups (broad SMARTS) is 1. The first kappa shape index (κ1) is 13.5. The van der Waals surface area contributed by atoms with Gasteiger partial charge in [0.2, 0.25) is 0 Å². The maximum Gasteiger partial charge on any atom is 0.320 e. The van der Waals surface area contributed by atoms with E-state index < -0.39 is 5.97 Å². The molecule has 1 saturated heterocycles. The van der Waals surface area contributed by atoms with E-state index in [4.69, 9.17) is 9.84 Å². The van der Waals surface area contributed by atoms with Crippen molar-refractivity contribution in [1.82, 2.24) is 4.90 Å². The molecule has 0 saturated carbocycles. The molecule has 1 fully saturated rings. The molecular formula is C12H23NO3. The van der Waals surface area contributed by atoms with Gasteiger partial charge in [-0.25, -0.2) is 0 Å². The highest BCUT2D eigenvalue weighted by Gasteiger charge is 2.34. The Kier molecular flexibility index (Phi) is 5.77. The van der Waals surface area contributed by atoms with Crippen LogP contribution in [0.4, 0.5) is 0 Å². The van der Waals surface area contributed by atoms with Gasteiger partial charge in [0.25, 0.3) is 0 Å². The smallest absolute Gasteiger partial charge is 0.320 e. The fraction of sp³-hybridized carbons (Fsp3) is 0.917. The number of carbonyl (C=O) groups is 1. The van der Waals surface area contributed by atoms with E-state index in [-0.39, 0.29) is 6.04 Å². The van der Waals surface area contributed by atoms with Crippen LogP contribution in [0.5, 0.6) is 0 Å². The fourth-order valence-electron chi connectivity index (χ4n) is 2.34. The van der Waals surface area contributed by atoms with E-state index in [1.807, 2.05) is 0 Å². The summed E-state index contributed by atoms with van der Waals surface area (Å²) in [4.78, 5) is 13.2. The molecule has 0 amide bonds. The van der Waals surface area contributed by atoms with Crippen molar-refractivity contribution in [3.8, 4) is 0 Å². The standard InChI is InChI=1S/C12H23NO3/c1-3-5-10-8-13(9-10)11(12(14)15)6-4-7-16-2/h10-11H,3-9H2,1-2H3,(H,14,15). The Hall–Kier alpha value is -0.610. The molecule has 0 radical (unpaired) electrons. The lowest BCUT2D eigenvalue weighted by Gasteiger charge is -2.42. The van der Waals surface area contributed by atoms with Crippen LogP contribution >= 0.6 is 0 Å². The Balaban J connectivity index is 2.27. The quantitative estimate of drug-likeness (QED) is 0.642. The van der Waals surface area contributed by atoms with Crippen LogP contribution in [0.2, 0.25) is 0 Å². The Morgan fingerprint density at radius 2 is 2.25 bits per heavy atom. The van der Waals surface area contributed by atoms with E-state index in [2.05, 4.69) is 11.8 Å². The van der Waals surface area contributed by atoms with E-state index in [9.17, 15) is 4.79 Å². The molecule has 0 spiro atoms. The molecule has 4 nitrogen and oxygen atoms in total. The van der Waals surface area contributed by atoms with Crippen molar-refractivity contribution in [3.05, 3.63) is 0 Å². The molecule has 1 N–H and O–H groups in total. The number of carboxylic acids is 1. The van der Waals surface area contributed by atoms with Gasteiger partial charge >= 0.3 is 5.97 Å². The van der Waals surface area contributed by atoms with Gasteiger partial charge in [0.15, 0.2) is 0 Å². The van der Waals surface area contributed by atoms with E-state index in [1.54, 1.807) is 7.11 Å². The van der Waals surface area contributed by atoms with E-state index in [0.717, 1.165) is 19.5 Å². The van der Waals surface area contributed by atoms with Crippen molar-refractivity contribution in [2.75, 3.05) is 26.8 Å². The molecule has 0 aromatic heterocycles. The monoisotopic (exact) mass is 229 g/mol. The first-order valence-corrected chi connectivity index (χ1v) is 6.14. The van der Waals surface area contributed by atoms with Crippen LogP contribution in [-0.4, -0.2) is 48.8 Å². The minimum Gasteiger partial charge on any atom is -0.480 e. The summed E-state index contributed by atoms with van der Waals surface area (Å²) in [5, 5.41) is 9.14. The predicted octanol–water partition coefficient (Wildman–Crippen LogP) is 1.60. The molecule has 1 heterocycles. The van der Waals surface area contributed by atoms with Crippen molar-refractivity contribution in [3.63, 3.8) is 0 Å². The molecule has 1 rings (SSSR count). The van der Waals surface area contributed by atoms with Gasteiger partial charge in [-0.1, -0.05) is 13.3 Å². The SMILES string of the molecule is CCCC1CN(C(CCCOC)C(=O)O)C1. The Labute approximate surface area is 97.6 Å². The van der Waals surface area contributed by atoms with Gasteiger partial charge in [-0.3, -0.25) is 9.69 Å². The first-order valence-electron chi connectivity index (χ1n) is 6.14. The number of nitrogens with zero attached hydrogens (tertiary/aromatic N) is 1. The predicted molar refractivity (Wildman–Crippen MR) is 62.5 cm³/mol. The first-order chi connectivity index (χ1) is 7.69. The Morgan fingerprint density at radius 1 is 1.56 bits per heavy atom. The minimum absolute atomic E-state index is 0.303. The minimum atomic E-state index is -0.689. The average molecular weight is 229 g/mol. The Bertz CT molecular complexity index is 214. The number of rotatable bonds is 8. The fourth-order valence-corrected chi connectivity index (χ4v) is 2.34. The van der Waals surface area contributed by atoms with Crippen LogP contribution < -0.4 is 0 Å². The highest BCUT2D eigenvalue weighted by atomic mass is 16.5. The van der Waals surface area contributed by atoms with Crippen LogP contribution in [0, 0.1) is 5.92 Å². The van der Waals surface area contributed by atoms with Crippen LogP contribution in [0.1, 0.15) is 32.6 Å². The number of hydrogen-bond acceptors (Lipinski definition) is 3. The highest BCUT2D eigenvalue weighted by molar-refractivity contribution is 5.73. The lowest BCUT2D eigenvalue weighted by Crippen LogP contribution is -2.54. The molecule has 1 aliphatic heterocycles. The lowest BCUT2D eigenvalue weighted by atomic mass is 9.92. The van der Waals surface area contributed by atoms with Crippen LogP contribution in [0.15, 0.2) is 0 Å². The van der Waals surface area contributed by atoms with Crippen molar-refractivity contribution in [2.24, 2.45) is 5.92 Å². The van der Waals surface area contributed by atoms with Crippen molar-refractivity contribution < 1.29 is 14.6 Å². The Morgan fingerprint density at radius 3 is 2.75 bits per heavy atom. The summed E-state index contributed by atoms with van der Waals surface area (Å²) in [6.07, 6.45) is 3.94. The molecule has 0 bridgehead atoms. The number of likely N-dealkylation sites (tertiary alicyclic amines) is 1. The molecule has 0 aromatic carbocycles. The maximum absolute atomic E-state index is 11.1. The van der Waals surface area contributed by atoms with E-state index >= 15 is 0 Å². The summed E-state index contributed by atoms with van der Waals surface area (Å²) in [6.45, 7) is 4.74. The number of hydrogen-bond donors (Lipinski definition) is 1. The second kappa shape index (κ2) is 6.86. The normalized spacial score (nSPS) is 19.4. The van der Waals surface area contributed by atoms with Gasteiger partial charge in [-0.05, 0) is 25.2 Å². The topological polar surface area (TPSA) is 49.8 Å². The van der Waals surface area contributed by atoms with Gasteiger partial charge in [-0.15, -0.1) is 0 Å². The van der Waals surface area contributed by atoms with Crippen molar-refractivity contribution in [1.29, 1.82) is 0 Å². The zero-order valence-corrected chi connectivity index (χ0v) is 10.3. The lowest BCUT2D eigenvalue weighted by molar-refractivity contribution is -0.146. The van der Waals surface area contributed by atoms with Crippen molar-refractivity contribution in [2.45, 2.75) is 38.6 Å². The zero-order valence-electron chi connectivity index (χ0n) is 10.3. The van der Waals surface area contributed by atoms with E-state index in [1.165, 1.54) is 12.8 Å². The molecule has 1 unspecified atom stereocenters. The van der Waals surface area contributed by atoms with Crippen LogP contribution in [0.3, 0.4) is 0 Å². The molecular weight excluding hydrogens is 206 g/mol. The molecule has 4 heteroatoms. The zero-order chi connectivity index (χ0) is 12.0. The van der Waals surface area contributed by atoms with Gasteiger partial charge in [0.05, 0.1) is 0 Å². The molecule has 94 valence electrons. The summed E-state index contributed by atoms with van der Waals surface area (Å²) in [7, 11) is 1.65. The van der Waals surface area contributed by atoms with Crippen molar-refractivity contribution >= 4 is 5.97 Å². The summed E-state index contributed by atoms with van der Waals surface area (Å²) in [6, 6.07) is -0.303. The third kappa shape index (κ3) is 3.76. The second-order valence-electron chi connectivity index (χ2n) is 4.60. The molecule has 16 heavy (non-hydrogen) atoms. The summed E-state index contributed by atoms with van der Waals surface area (Å²) in [5.41, 5.74) is 0. The number of aliphatic carboxylic acids is 1. The average Bonchev–Trinajstić information content (AvgIpc) is 2.19. The second-order valence-corrected chi connectivity index (χ2v) is 4.60. The van der Waals surface area contributed by atoms with Gasteiger partial charge in [0.1, 0.15) is 6.04 Å². The number of ether oxygens (including phenoxy) is 1. The van der Waals surface area contributed by atoms with Gasteiger partial charge in [-0.2, -0.15) is 0 Å². The molecule has 0 aromatic rings. The maximum atomic E-state index is 11.1. The highest BCUT2D eigenvalue weighted by Crippen LogP contribution is 2.24. The third-order valence-electron chi connectivity index (χ3n) is 3.23. The molecule has 1 atom stereocenters. The molecule has 1 aliphatic rings. The summed E-state index contributed by atoms with van der Waals surface area (Å²) >= 11 is 0. The summed E-state index contributed by atoms with van der Waals surface area (Å²) < 4.78 is 4.95. The van der Waals surface area contributed by atoms with Gasteiger partial charge < -0.3 is 9.84 Å². The largest absolute Gasteiger partial charge is 0.480 e. The van der Waals surface area contributed by atoms with Crippen LogP contribution in [-0.2, 0) is 9.53 Å². The molecule has 0 aliphatic carbocycles. The summed E-state index contributed by atoms with van der Waals surface area (Å²) in [5.74, 6) is 0.0281. The van der Waals surface area contributed by atoms with Crippen LogP contribution in [0.25, 0.3) is 0 Å². The third-order valence-corrected chi connectivity index (χ3v) is 3.23. The van der Waals surface area contributed by atoms with Gasteiger partial charge in [0, 0.05) is 26.8 Å². The van der Waals surface area contributed by atoms with E-state index in [0.29, 0.717) is 18.9 Å².